The van der Waals surface area contributed by atoms with E-state index in [9.17, 15) is 33.9 Å². The molecule has 7 N–H and O–H groups in total. The predicted molar refractivity (Wildman–Crippen MR) is 374 cm³/mol. The number of carbonyl (C=O) groups is 2. The maximum atomic E-state index is 13.7. The number of carboxylic acid groups (broad SMARTS) is 1. The van der Waals surface area contributed by atoms with Crippen LogP contribution in [0.15, 0.2) is 190 Å². The van der Waals surface area contributed by atoms with Gasteiger partial charge in [0.2, 0.25) is 0 Å². The minimum Gasteiger partial charge on any atom is -0.493 e. The fraction of sp³-hybridized carbons (Fsp3) is 0.253. The number of ether oxygens (including phenoxy) is 6. The van der Waals surface area contributed by atoms with Crippen molar-refractivity contribution in [1.29, 1.82) is 0 Å². The molecule has 22 heteroatoms. The molecule has 500 valence electrons. The van der Waals surface area contributed by atoms with Gasteiger partial charge in [0.05, 0.1) is 39.8 Å². The first kappa shape index (κ1) is 68.5. The number of nitrogens with two attached hydrogens (primary N) is 3. The summed E-state index contributed by atoms with van der Waals surface area (Å²) in [5.74, 6) is 2.15. The van der Waals surface area contributed by atoms with Crippen LogP contribution < -0.4 is 58.6 Å². The molecule has 0 saturated carbocycles. The van der Waals surface area contributed by atoms with Crippen molar-refractivity contribution in [2.24, 2.45) is 11.8 Å². The van der Waals surface area contributed by atoms with Crippen LogP contribution in [0.3, 0.4) is 0 Å². The highest BCUT2D eigenvalue weighted by Gasteiger charge is 2.24. The number of hydrogen-bond acceptors (Lipinski definition) is 17. The summed E-state index contributed by atoms with van der Waals surface area (Å²) in [5, 5.41) is 9.35. The van der Waals surface area contributed by atoms with Gasteiger partial charge < -0.3 is 50.7 Å². The number of carbonyl (C=O) groups excluding carboxylic acids is 1. The van der Waals surface area contributed by atoms with Gasteiger partial charge in [0.25, 0.3) is 11.1 Å². The van der Waals surface area contributed by atoms with E-state index in [0.29, 0.717) is 91.2 Å². The van der Waals surface area contributed by atoms with Gasteiger partial charge in [0, 0.05) is 98.7 Å². The monoisotopic (exact) mass is 1310 g/mol. The van der Waals surface area contributed by atoms with Crippen molar-refractivity contribution >= 4 is 29.1 Å². The first-order valence-corrected chi connectivity index (χ1v) is 31.5. The lowest BCUT2D eigenvalue weighted by Gasteiger charge is -2.23. The zero-order valence-corrected chi connectivity index (χ0v) is 54.9. The standard InChI is InChI=1S/C38H38N4O6.C19H19N3O2.C18H20N2O5/c1-24-4-11-30(12-5-24)42-37(44)32(23-41(38(42)45)22-26-14-16-48-17-15-26)33(43)18-25-6-8-27(9-7-25)31-19-29(21-40-36(31)39)28-10-13-34(46-2)35(20-28)47-3;1-23-17-8-5-13(10-18(17)24-2)14-9-16(19(21)22-11-14)12-3-6-15(20)7-4-12;1-12-2-4-14(5-3-12)20-16(21)15(17(22)23)11-19(18(20)24)10-13-6-8-25-9-7-13/h4-13,19-21,23,26H,14-18,22H2,1-3H3,(H2,39,40);3-11H,20H2,1-2H3,(H2,21,22);2-5,11,13H,6-10H2,1H3,(H,22,23). The number of Topliss-reactive ketones (excluding diaryl/α,β-unsaturated/α-hetero) is 1. The molecule has 0 unspecified atom stereocenters. The van der Waals surface area contributed by atoms with Gasteiger partial charge in [0.15, 0.2) is 28.8 Å². The number of nitrogen functional groups attached to an aromatic ring is 3. The van der Waals surface area contributed by atoms with E-state index < -0.39 is 34.0 Å². The number of ketones is 1. The van der Waals surface area contributed by atoms with Crippen LogP contribution in [-0.4, -0.2) is 100.0 Å². The second-order valence-corrected chi connectivity index (χ2v) is 23.7. The second-order valence-electron chi connectivity index (χ2n) is 23.7. The minimum absolute atomic E-state index is 0.0156. The summed E-state index contributed by atoms with van der Waals surface area (Å²) < 4.78 is 37.2. The van der Waals surface area contributed by atoms with Gasteiger partial charge in [-0.25, -0.2) is 33.5 Å². The molecule has 0 amide bonds. The van der Waals surface area contributed by atoms with E-state index in [1.807, 2.05) is 123 Å². The molecule has 6 heterocycles. The Morgan fingerprint density at radius 2 is 0.866 bits per heavy atom. The van der Waals surface area contributed by atoms with Crippen LogP contribution in [0.4, 0.5) is 17.3 Å². The van der Waals surface area contributed by atoms with Crippen molar-refractivity contribution in [2.45, 2.75) is 59.0 Å². The van der Waals surface area contributed by atoms with E-state index in [2.05, 4.69) is 9.97 Å². The third-order valence-electron chi connectivity index (χ3n) is 17.1. The Kier molecular flexibility index (Phi) is 22.1. The number of aromatic nitrogens is 6. The Balaban J connectivity index is 0.000000175. The number of pyridine rings is 2. The summed E-state index contributed by atoms with van der Waals surface area (Å²) in [6.07, 6.45) is 9.26. The summed E-state index contributed by atoms with van der Waals surface area (Å²) in [7, 11) is 6.40. The molecule has 0 atom stereocenters. The molecule has 10 aromatic rings. The maximum Gasteiger partial charge on any atom is 0.342 e. The minimum atomic E-state index is -1.34. The van der Waals surface area contributed by atoms with Crippen molar-refractivity contribution in [3.05, 3.63) is 240 Å². The number of anilines is 3. The molecule has 0 spiro atoms. The van der Waals surface area contributed by atoms with E-state index in [1.165, 1.54) is 15.3 Å². The SMILES string of the molecule is COc1ccc(-c2cnc(N)c(-c3ccc(CC(=O)c4cn(CC5CCOCC5)c(=O)n(-c5ccc(C)cc5)c4=O)cc3)c2)cc1OC.COc1ccc(-c2cnc(N)c(-c3ccc(N)cc3)c2)cc1OC.Cc1ccc(-n2c(=O)c(C(=O)O)cn(CC3CCOCC3)c2=O)cc1. The fourth-order valence-electron chi connectivity index (χ4n) is 11.6. The molecule has 2 saturated heterocycles. The maximum absolute atomic E-state index is 13.7. The quantitative estimate of drug-likeness (QED) is 0.0458. The van der Waals surface area contributed by atoms with Crippen LogP contribution in [0.25, 0.3) is 55.9 Å². The number of rotatable bonds is 18. The first-order valence-electron chi connectivity index (χ1n) is 31.5. The van der Waals surface area contributed by atoms with Crippen molar-refractivity contribution in [3.63, 3.8) is 0 Å². The summed E-state index contributed by atoms with van der Waals surface area (Å²) >= 11 is 0. The van der Waals surface area contributed by atoms with Crippen molar-refractivity contribution in [3.8, 4) is 78.9 Å². The van der Waals surface area contributed by atoms with Crippen molar-refractivity contribution in [2.75, 3.05) is 72.1 Å². The van der Waals surface area contributed by atoms with E-state index >= 15 is 0 Å². The Morgan fingerprint density at radius 1 is 0.485 bits per heavy atom. The van der Waals surface area contributed by atoms with Crippen molar-refractivity contribution in [1.82, 2.24) is 28.2 Å². The van der Waals surface area contributed by atoms with E-state index in [-0.39, 0.29) is 29.6 Å². The third kappa shape index (κ3) is 16.2. The number of aromatic carboxylic acids is 1. The van der Waals surface area contributed by atoms with E-state index in [4.69, 9.17) is 45.6 Å². The first-order chi connectivity index (χ1) is 46.8. The molecular weight excluding hydrogens is 1230 g/mol. The zero-order valence-electron chi connectivity index (χ0n) is 54.9. The summed E-state index contributed by atoms with van der Waals surface area (Å²) in [5.41, 5.74) is 26.5. The lowest BCUT2D eigenvalue weighted by Crippen LogP contribution is -2.42. The van der Waals surface area contributed by atoms with E-state index in [0.717, 1.165) is 102 Å². The number of hydrogen-bond donors (Lipinski definition) is 4. The molecule has 2 fully saturated rings. The van der Waals surface area contributed by atoms with Crippen LogP contribution in [-0.2, 0) is 29.0 Å². The van der Waals surface area contributed by atoms with Crippen LogP contribution in [0.2, 0.25) is 0 Å². The Labute approximate surface area is 559 Å². The second kappa shape index (κ2) is 31.3. The molecule has 0 bridgehead atoms. The van der Waals surface area contributed by atoms with Gasteiger partial charge in [-0.1, -0.05) is 83.9 Å². The molecule has 4 aromatic heterocycles. The Hall–Kier alpha value is -11.4. The molecule has 12 rings (SSSR count). The van der Waals surface area contributed by atoms with Crippen molar-refractivity contribution < 1.29 is 43.1 Å². The van der Waals surface area contributed by atoms with E-state index in [1.54, 1.807) is 77.2 Å². The number of aryl methyl sites for hydroxylation is 2. The van der Waals surface area contributed by atoms with Crippen LogP contribution in [0, 0.1) is 25.7 Å². The normalized spacial score (nSPS) is 13.1. The van der Waals surface area contributed by atoms with Crippen LogP contribution in [0.1, 0.15) is 63.1 Å². The number of carboxylic acids is 1. The predicted octanol–water partition coefficient (Wildman–Crippen LogP) is 10.5. The molecule has 0 radical (unpaired) electrons. The summed E-state index contributed by atoms with van der Waals surface area (Å²) in [4.78, 5) is 86.6. The summed E-state index contributed by atoms with van der Waals surface area (Å²) in [6.45, 7) is 7.11. The molecule has 0 aliphatic carbocycles. The lowest BCUT2D eigenvalue weighted by atomic mass is 9.98. The lowest BCUT2D eigenvalue weighted by molar-refractivity contribution is 0.0603. The number of benzene rings is 6. The van der Waals surface area contributed by atoms with Gasteiger partial charge in [-0.15, -0.1) is 0 Å². The highest BCUT2D eigenvalue weighted by atomic mass is 16.5. The average Bonchev–Trinajstić information content (AvgIpc) is 0.797. The highest BCUT2D eigenvalue weighted by molar-refractivity contribution is 5.97. The Morgan fingerprint density at radius 3 is 1.27 bits per heavy atom. The number of nitrogens with zero attached hydrogens (tertiary/aromatic N) is 6. The fourth-order valence-corrected chi connectivity index (χ4v) is 11.6. The van der Waals surface area contributed by atoms with Gasteiger partial charge in [-0.05, 0) is 152 Å². The largest absolute Gasteiger partial charge is 0.493 e. The van der Waals surface area contributed by atoms with Gasteiger partial charge >= 0.3 is 17.3 Å². The molecule has 97 heavy (non-hydrogen) atoms. The molecule has 2 aliphatic rings. The molecular formula is C75H77N9O13. The zero-order chi connectivity index (χ0) is 68.9. The Bertz CT molecular complexity index is 4710. The topological polar surface area (TPSA) is 302 Å². The highest BCUT2D eigenvalue weighted by Crippen LogP contribution is 2.37. The molecule has 6 aromatic carbocycles. The van der Waals surface area contributed by atoms with Crippen LogP contribution in [0.5, 0.6) is 23.0 Å². The smallest absolute Gasteiger partial charge is 0.342 e. The van der Waals surface area contributed by atoms with Gasteiger partial charge in [0.1, 0.15) is 22.8 Å². The molecule has 22 nitrogen and oxygen atoms in total. The number of methoxy groups -OCH3 is 4. The van der Waals surface area contributed by atoms with Gasteiger partial charge in [-0.3, -0.25) is 23.5 Å². The molecule has 2 aliphatic heterocycles. The summed E-state index contributed by atoms with van der Waals surface area (Å²) in [6, 6.07) is 44.3. The van der Waals surface area contributed by atoms with Gasteiger partial charge in [-0.2, -0.15) is 0 Å². The third-order valence-corrected chi connectivity index (χ3v) is 17.1. The van der Waals surface area contributed by atoms with Crippen LogP contribution >= 0.6 is 0 Å². The average molecular weight is 1310 g/mol.